The van der Waals surface area contributed by atoms with Crippen molar-refractivity contribution in [2.24, 2.45) is 0 Å². The molecule has 3 nitrogen and oxygen atoms in total. The van der Waals surface area contributed by atoms with Gasteiger partial charge in [-0.3, -0.25) is 4.79 Å². The zero-order valence-electron chi connectivity index (χ0n) is 13.5. The van der Waals surface area contributed by atoms with Gasteiger partial charge in [0.2, 0.25) is 0 Å². The monoisotopic (exact) mass is 353 g/mol. The fourth-order valence-electron chi connectivity index (χ4n) is 2.31. The fraction of sp³-hybridized carbons (Fsp3) is 0.0500. The Kier molecular flexibility index (Phi) is 5.26. The third-order valence-electron chi connectivity index (χ3n) is 3.54. The Morgan fingerprint density at radius 1 is 1.12 bits per heavy atom. The number of amides is 1. The average molecular weight is 353 g/mol. The van der Waals surface area contributed by atoms with Gasteiger partial charge in [-0.25, -0.2) is 4.39 Å². The first-order chi connectivity index (χ1) is 12.2. The molecule has 0 aliphatic rings. The van der Waals surface area contributed by atoms with Crippen LogP contribution in [0.2, 0.25) is 0 Å². The molecular formula is C20H16FNO2S. The summed E-state index contributed by atoms with van der Waals surface area (Å²) in [5.41, 5.74) is 1.92. The van der Waals surface area contributed by atoms with Gasteiger partial charge in [-0.15, -0.1) is 11.3 Å². The number of methoxy groups -OCH3 is 1. The van der Waals surface area contributed by atoms with Crippen LogP contribution in [0, 0.1) is 5.82 Å². The highest BCUT2D eigenvalue weighted by Crippen LogP contribution is 2.25. The van der Waals surface area contributed by atoms with E-state index in [1.807, 2.05) is 29.6 Å². The number of nitrogens with one attached hydrogen (secondary N) is 1. The summed E-state index contributed by atoms with van der Waals surface area (Å²) in [7, 11) is 1.58. The number of rotatable bonds is 5. The number of carbonyl (C=O) groups is 1. The van der Waals surface area contributed by atoms with Crippen molar-refractivity contribution in [3.05, 3.63) is 82.3 Å². The molecule has 0 aliphatic heterocycles. The molecule has 0 unspecified atom stereocenters. The second kappa shape index (κ2) is 7.77. The summed E-state index contributed by atoms with van der Waals surface area (Å²) in [6.45, 7) is 0. The van der Waals surface area contributed by atoms with Gasteiger partial charge < -0.3 is 10.1 Å². The van der Waals surface area contributed by atoms with E-state index in [1.54, 1.807) is 37.5 Å². The van der Waals surface area contributed by atoms with Gasteiger partial charge in [-0.2, -0.15) is 0 Å². The van der Waals surface area contributed by atoms with Crippen molar-refractivity contribution < 1.29 is 13.9 Å². The molecule has 1 amide bonds. The van der Waals surface area contributed by atoms with Crippen molar-refractivity contribution in [2.45, 2.75) is 0 Å². The molecule has 0 aliphatic carbocycles. The lowest BCUT2D eigenvalue weighted by molar-refractivity contribution is -0.111. The smallest absolute Gasteiger partial charge is 0.257 e. The van der Waals surface area contributed by atoms with Gasteiger partial charge in [-0.05, 0) is 47.4 Å². The zero-order chi connectivity index (χ0) is 17.6. The lowest BCUT2D eigenvalue weighted by Gasteiger charge is -2.09. The molecule has 1 heterocycles. The number of ether oxygens (including phenoxy) is 1. The van der Waals surface area contributed by atoms with Crippen LogP contribution in [-0.2, 0) is 4.79 Å². The van der Waals surface area contributed by atoms with Crippen LogP contribution in [-0.4, -0.2) is 13.0 Å². The van der Waals surface area contributed by atoms with E-state index in [-0.39, 0.29) is 11.7 Å². The molecule has 1 N–H and O–H groups in total. The van der Waals surface area contributed by atoms with E-state index < -0.39 is 0 Å². The first-order valence-electron chi connectivity index (χ1n) is 7.62. The van der Waals surface area contributed by atoms with Gasteiger partial charge in [0.05, 0.1) is 12.7 Å². The number of anilines is 1. The van der Waals surface area contributed by atoms with Gasteiger partial charge in [-0.1, -0.05) is 24.3 Å². The van der Waals surface area contributed by atoms with E-state index in [1.165, 1.54) is 23.5 Å². The predicted molar refractivity (Wildman–Crippen MR) is 100 cm³/mol. The van der Waals surface area contributed by atoms with E-state index in [0.29, 0.717) is 17.0 Å². The molecule has 0 fully saturated rings. The second-order valence-electron chi connectivity index (χ2n) is 5.27. The molecule has 3 rings (SSSR count). The number of hydrogen-bond acceptors (Lipinski definition) is 3. The SMILES string of the molecule is COc1cccc(NC(=O)/C(=C/c2ccc(F)cc2)c2cccs2)c1. The van der Waals surface area contributed by atoms with Crippen molar-refractivity contribution in [3.8, 4) is 5.75 Å². The second-order valence-corrected chi connectivity index (χ2v) is 6.22. The van der Waals surface area contributed by atoms with Crippen LogP contribution in [0.3, 0.4) is 0 Å². The summed E-state index contributed by atoms with van der Waals surface area (Å²) in [4.78, 5) is 13.6. The van der Waals surface area contributed by atoms with Crippen LogP contribution in [0.15, 0.2) is 66.0 Å². The minimum Gasteiger partial charge on any atom is -0.497 e. The summed E-state index contributed by atoms with van der Waals surface area (Å²) in [6.07, 6.45) is 1.75. The van der Waals surface area contributed by atoms with E-state index >= 15 is 0 Å². The minimum absolute atomic E-state index is 0.236. The number of hydrogen-bond donors (Lipinski definition) is 1. The molecule has 0 saturated carbocycles. The molecule has 3 aromatic rings. The van der Waals surface area contributed by atoms with Crippen LogP contribution in [0.25, 0.3) is 11.6 Å². The van der Waals surface area contributed by atoms with Gasteiger partial charge >= 0.3 is 0 Å². The first kappa shape index (κ1) is 16.9. The van der Waals surface area contributed by atoms with Gasteiger partial charge in [0.25, 0.3) is 5.91 Å². The molecular weight excluding hydrogens is 337 g/mol. The Bertz CT molecular complexity index is 886. The Balaban J connectivity index is 1.91. The van der Waals surface area contributed by atoms with Crippen molar-refractivity contribution in [1.82, 2.24) is 0 Å². The van der Waals surface area contributed by atoms with Crippen molar-refractivity contribution in [1.29, 1.82) is 0 Å². The molecule has 0 saturated heterocycles. The summed E-state index contributed by atoms with van der Waals surface area (Å²) in [6, 6.07) is 17.0. The van der Waals surface area contributed by atoms with Gasteiger partial charge in [0.1, 0.15) is 11.6 Å². The topological polar surface area (TPSA) is 38.3 Å². The Hall–Kier alpha value is -2.92. The van der Waals surface area contributed by atoms with Crippen LogP contribution in [0.5, 0.6) is 5.75 Å². The standard InChI is InChI=1S/C20H16FNO2S/c1-24-17-5-2-4-16(13-17)22-20(23)18(19-6-3-11-25-19)12-14-7-9-15(21)10-8-14/h2-13H,1H3,(H,22,23)/b18-12+. The number of thiophene rings is 1. The Labute approximate surface area is 149 Å². The number of halogens is 1. The van der Waals surface area contributed by atoms with Crippen LogP contribution in [0.4, 0.5) is 10.1 Å². The quantitative estimate of drug-likeness (QED) is 0.650. The highest BCUT2D eigenvalue weighted by atomic mass is 32.1. The highest BCUT2D eigenvalue weighted by molar-refractivity contribution is 7.11. The number of carbonyl (C=O) groups excluding carboxylic acids is 1. The minimum atomic E-state index is -0.310. The van der Waals surface area contributed by atoms with Crippen LogP contribution < -0.4 is 10.1 Å². The highest BCUT2D eigenvalue weighted by Gasteiger charge is 2.14. The Morgan fingerprint density at radius 2 is 1.92 bits per heavy atom. The molecule has 0 radical (unpaired) electrons. The fourth-order valence-corrected chi connectivity index (χ4v) is 3.04. The van der Waals surface area contributed by atoms with Crippen molar-refractivity contribution >= 4 is 34.6 Å². The van der Waals surface area contributed by atoms with Gasteiger partial charge in [0, 0.05) is 16.6 Å². The summed E-state index contributed by atoms with van der Waals surface area (Å²) < 4.78 is 18.3. The summed E-state index contributed by atoms with van der Waals surface area (Å²) in [5, 5.41) is 4.79. The third kappa shape index (κ3) is 4.33. The van der Waals surface area contributed by atoms with E-state index in [9.17, 15) is 9.18 Å². The van der Waals surface area contributed by atoms with E-state index in [2.05, 4.69) is 5.32 Å². The van der Waals surface area contributed by atoms with Crippen LogP contribution in [0.1, 0.15) is 10.4 Å². The normalized spacial score (nSPS) is 11.2. The summed E-state index contributed by atoms with van der Waals surface area (Å²) >= 11 is 1.47. The largest absolute Gasteiger partial charge is 0.497 e. The maximum absolute atomic E-state index is 13.1. The molecule has 5 heteroatoms. The molecule has 0 atom stereocenters. The van der Waals surface area contributed by atoms with Crippen LogP contribution >= 0.6 is 11.3 Å². The maximum atomic E-state index is 13.1. The summed E-state index contributed by atoms with van der Waals surface area (Å²) in [5.74, 6) is 0.119. The zero-order valence-corrected chi connectivity index (χ0v) is 14.3. The molecule has 25 heavy (non-hydrogen) atoms. The van der Waals surface area contributed by atoms with Gasteiger partial charge in [0.15, 0.2) is 0 Å². The third-order valence-corrected chi connectivity index (χ3v) is 4.44. The first-order valence-corrected chi connectivity index (χ1v) is 8.50. The predicted octanol–water partition coefficient (Wildman–Crippen LogP) is 5.08. The van der Waals surface area contributed by atoms with E-state index in [4.69, 9.17) is 4.74 Å². The average Bonchev–Trinajstić information content (AvgIpc) is 3.15. The molecule has 2 aromatic carbocycles. The molecule has 0 bridgehead atoms. The lowest BCUT2D eigenvalue weighted by atomic mass is 10.1. The Morgan fingerprint density at radius 3 is 2.60 bits per heavy atom. The van der Waals surface area contributed by atoms with E-state index in [0.717, 1.165) is 10.4 Å². The molecule has 0 spiro atoms. The van der Waals surface area contributed by atoms with Crippen molar-refractivity contribution in [3.63, 3.8) is 0 Å². The maximum Gasteiger partial charge on any atom is 0.257 e. The van der Waals surface area contributed by atoms with Crippen molar-refractivity contribution in [2.75, 3.05) is 12.4 Å². The molecule has 126 valence electrons. The molecule has 1 aromatic heterocycles. The lowest BCUT2D eigenvalue weighted by Crippen LogP contribution is -2.13. The number of benzene rings is 2.